The van der Waals surface area contributed by atoms with Crippen LogP contribution >= 0.6 is 14.7 Å². The Balaban J connectivity index is 1.06. The fourth-order valence-electron chi connectivity index (χ4n) is 9.43. The van der Waals surface area contributed by atoms with E-state index in [9.17, 15) is 64.6 Å². The number of carbonyl (C=O) groups is 7. The summed E-state index contributed by atoms with van der Waals surface area (Å²) in [6.07, 6.45) is -3.93. The van der Waals surface area contributed by atoms with Crippen molar-refractivity contribution in [3.05, 3.63) is 220 Å². The van der Waals surface area contributed by atoms with Crippen molar-refractivity contribution in [3.63, 3.8) is 0 Å². The van der Waals surface area contributed by atoms with E-state index in [1.54, 1.807) is 118 Å². The van der Waals surface area contributed by atoms with E-state index in [4.69, 9.17) is 32.7 Å². The zero-order valence-corrected chi connectivity index (χ0v) is 54.1. The molecule has 4 N–H and O–H groups in total. The Labute approximate surface area is 543 Å². The summed E-state index contributed by atoms with van der Waals surface area (Å²) in [6, 6.07) is 35.2. The fraction of sp³-hybridized carbons (Fsp3) is 0.269. The standard InChI is InChI=1S/C67H67F5N4O17P2/c1-67(2,3)93-66(83)76-52(62(79)87-5)36-42-22-30-48(31-23-42)94(84,88-6)46-26-18-40(19-27-46)34-50(74-64(81)90-38-44-14-10-8-11-15-44)60(77)73-51(61(78)86-4)35-41-20-28-47(29-21-41)95(85,89-7)49-32-24-43(25-33-49)37-53(75-65(82)91-39-45-16-12-9-13-17-45)63(80)92-59-57(71)55(69)54(68)56(70)58(59)72/h8-33,50-53H,34-39H2,1-7H3,(H,73,77)(H,74,81)(H,75,82)(H,76,83)/t50-,51-,52-,53-,94?,95?/m0/s1. The fourth-order valence-corrected chi connectivity index (χ4v) is 13.0. The first kappa shape index (κ1) is 72.7. The maximum absolute atomic E-state index is 14.7. The van der Waals surface area contributed by atoms with E-state index in [2.05, 4.69) is 26.0 Å². The molecule has 95 heavy (non-hydrogen) atoms. The van der Waals surface area contributed by atoms with Gasteiger partial charge in [-0.25, -0.2) is 41.9 Å². The molecule has 0 aliphatic rings. The summed E-state index contributed by atoms with van der Waals surface area (Å²) >= 11 is 0. The quantitative estimate of drug-likeness (QED) is 0.00711. The largest absolute Gasteiger partial charge is 0.467 e. The molecule has 502 valence electrons. The van der Waals surface area contributed by atoms with Gasteiger partial charge in [0.1, 0.15) is 43.0 Å². The maximum atomic E-state index is 14.7. The van der Waals surface area contributed by atoms with Crippen molar-refractivity contribution in [2.24, 2.45) is 0 Å². The third-order valence-corrected chi connectivity index (χ3v) is 19.3. The van der Waals surface area contributed by atoms with Gasteiger partial charge in [-0.1, -0.05) is 109 Å². The molecule has 4 amide bonds. The van der Waals surface area contributed by atoms with Crippen molar-refractivity contribution < 1.29 is 102 Å². The molecular formula is C67H67F5N4O17P2. The molecule has 7 rings (SSSR count). The lowest BCUT2D eigenvalue weighted by molar-refractivity contribution is -0.145. The first-order chi connectivity index (χ1) is 45.2. The third kappa shape index (κ3) is 19.4. The lowest BCUT2D eigenvalue weighted by Crippen LogP contribution is -2.53. The molecule has 21 nitrogen and oxygen atoms in total. The van der Waals surface area contributed by atoms with Gasteiger partial charge in [0.05, 0.1) is 14.2 Å². The van der Waals surface area contributed by atoms with Crippen LogP contribution < -0.4 is 47.2 Å². The van der Waals surface area contributed by atoms with E-state index in [0.717, 1.165) is 7.11 Å². The number of rotatable bonds is 27. The summed E-state index contributed by atoms with van der Waals surface area (Å²) in [5, 5.41) is 10.7. The predicted molar refractivity (Wildman–Crippen MR) is 336 cm³/mol. The summed E-state index contributed by atoms with van der Waals surface area (Å²) < 4.78 is 142. The molecule has 0 aliphatic heterocycles. The first-order valence-electron chi connectivity index (χ1n) is 29.0. The summed E-state index contributed by atoms with van der Waals surface area (Å²) in [5.41, 5.74) is 2.01. The minimum atomic E-state index is -3.97. The number of methoxy groups -OCH3 is 2. The molecule has 28 heteroatoms. The Bertz CT molecular complexity index is 3930. The number of carbonyl (C=O) groups excluding carboxylic acids is 7. The van der Waals surface area contributed by atoms with Crippen molar-refractivity contribution in [1.29, 1.82) is 0 Å². The van der Waals surface area contributed by atoms with Crippen LogP contribution in [0, 0.1) is 29.1 Å². The van der Waals surface area contributed by atoms with Gasteiger partial charge < -0.3 is 58.7 Å². The van der Waals surface area contributed by atoms with E-state index in [1.807, 2.05) is 0 Å². The Hall–Kier alpha value is -9.74. The Morgan fingerprint density at radius 3 is 1.03 bits per heavy atom. The van der Waals surface area contributed by atoms with Crippen LogP contribution in [0.15, 0.2) is 158 Å². The van der Waals surface area contributed by atoms with Crippen molar-refractivity contribution in [2.75, 3.05) is 28.4 Å². The molecule has 0 saturated heterocycles. The van der Waals surface area contributed by atoms with Crippen LogP contribution in [0.4, 0.5) is 36.3 Å². The number of ether oxygens (including phenoxy) is 6. The van der Waals surface area contributed by atoms with Crippen LogP contribution in [0.3, 0.4) is 0 Å². The SMILES string of the molecule is COC(=O)[C@H](Cc1ccc(P(=O)(OC)c2ccc(C[C@H](NC(=O)OCc3ccccc3)C(=O)N[C@@H](Cc3ccc(P(=O)(OC)c4ccc(C[C@H](NC(=O)OCc5ccccc5)C(=O)Oc5c(F)c(F)c(F)c(F)c5F)cc4)cc3)C(=O)OC)cc2)cc1)NC(=O)OC(C)(C)C. The molecule has 7 aromatic rings. The molecule has 7 aromatic carbocycles. The summed E-state index contributed by atoms with van der Waals surface area (Å²) in [4.78, 5) is 92.7. The summed E-state index contributed by atoms with van der Waals surface area (Å²) in [6.45, 7) is 4.57. The number of benzene rings is 7. The van der Waals surface area contributed by atoms with Gasteiger partial charge in [-0.05, 0) is 103 Å². The number of halogens is 5. The van der Waals surface area contributed by atoms with Crippen LogP contribution in [0.1, 0.15) is 54.2 Å². The molecule has 0 heterocycles. The van der Waals surface area contributed by atoms with Crippen LogP contribution in [-0.4, -0.2) is 100 Å². The number of esters is 3. The zero-order chi connectivity index (χ0) is 69.2. The lowest BCUT2D eigenvalue weighted by atomic mass is 10.0. The summed E-state index contributed by atoms with van der Waals surface area (Å²) in [5.74, 6) is -18.1. The molecule has 0 fully saturated rings. The smallest absolute Gasteiger partial charge is 0.408 e. The number of hydrogen-bond donors (Lipinski definition) is 4. The van der Waals surface area contributed by atoms with Gasteiger partial charge in [-0.15, -0.1) is 0 Å². The lowest BCUT2D eigenvalue weighted by Gasteiger charge is -2.23. The highest BCUT2D eigenvalue weighted by Gasteiger charge is 2.35. The normalized spacial score (nSPS) is 13.8. The molecule has 6 atom stereocenters. The highest BCUT2D eigenvalue weighted by Crippen LogP contribution is 2.45. The zero-order valence-electron chi connectivity index (χ0n) is 52.3. The second-order valence-corrected chi connectivity index (χ2v) is 27.1. The molecule has 0 saturated carbocycles. The molecule has 0 aliphatic carbocycles. The Morgan fingerprint density at radius 1 is 0.389 bits per heavy atom. The van der Waals surface area contributed by atoms with E-state index in [-0.39, 0.29) is 59.3 Å². The van der Waals surface area contributed by atoms with Gasteiger partial charge in [0.15, 0.2) is 0 Å². The molecule has 2 unspecified atom stereocenters. The second kappa shape index (κ2) is 32.9. The maximum Gasteiger partial charge on any atom is 0.408 e. The first-order valence-corrected chi connectivity index (χ1v) is 32.3. The monoisotopic (exact) mass is 1360 g/mol. The van der Waals surface area contributed by atoms with Crippen molar-refractivity contribution in [1.82, 2.24) is 21.3 Å². The number of alkyl carbamates (subject to hydrolysis) is 3. The van der Waals surface area contributed by atoms with Crippen molar-refractivity contribution in [2.45, 2.75) is 89.4 Å². The minimum absolute atomic E-state index is 0.00617. The molecular weight excluding hydrogens is 1290 g/mol. The van der Waals surface area contributed by atoms with Gasteiger partial charge in [-0.2, -0.15) is 8.78 Å². The van der Waals surface area contributed by atoms with Gasteiger partial charge in [-0.3, -0.25) is 13.9 Å². The molecule has 0 aromatic heterocycles. The average molecular weight is 1360 g/mol. The van der Waals surface area contributed by atoms with Gasteiger partial charge in [0.25, 0.3) is 14.7 Å². The molecule has 0 bridgehead atoms. The Morgan fingerprint density at radius 2 is 0.695 bits per heavy atom. The third-order valence-electron chi connectivity index (χ3n) is 14.3. The highest BCUT2D eigenvalue weighted by atomic mass is 31.2. The van der Waals surface area contributed by atoms with Gasteiger partial charge >= 0.3 is 36.2 Å². The molecule has 0 radical (unpaired) electrons. The molecule has 0 spiro atoms. The van der Waals surface area contributed by atoms with Crippen LogP contribution in [-0.2, 0) is 99.9 Å². The van der Waals surface area contributed by atoms with E-state index in [0.29, 0.717) is 27.8 Å². The number of hydrogen-bond acceptors (Lipinski definition) is 17. The van der Waals surface area contributed by atoms with Gasteiger partial charge in [0.2, 0.25) is 40.7 Å². The average Bonchev–Trinajstić information content (AvgIpc) is 0.831. The topological polar surface area (TPSA) is 276 Å². The van der Waals surface area contributed by atoms with E-state index >= 15 is 0 Å². The number of amides is 4. The second-order valence-electron chi connectivity index (χ2n) is 22.1. The highest BCUT2D eigenvalue weighted by molar-refractivity contribution is 7.74. The van der Waals surface area contributed by atoms with Crippen LogP contribution in [0.25, 0.3) is 0 Å². The van der Waals surface area contributed by atoms with Crippen LogP contribution in [0.2, 0.25) is 0 Å². The number of nitrogens with one attached hydrogen (secondary N) is 4. The summed E-state index contributed by atoms with van der Waals surface area (Å²) in [7, 11) is -3.02. The predicted octanol–water partition coefficient (Wildman–Crippen LogP) is 8.92. The van der Waals surface area contributed by atoms with Crippen LogP contribution in [0.5, 0.6) is 5.75 Å². The Kier molecular flexibility index (Phi) is 25.2. The van der Waals surface area contributed by atoms with E-state index < -0.39 is 128 Å². The minimum Gasteiger partial charge on any atom is -0.467 e. The van der Waals surface area contributed by atoms with Crippen molar-refractivity contribution in [3.8, 4) is 5.75 Å². The van der Waals surface area contributed by atoms with Gasteiger partial charge in [0, 0.05) is 61.1 Å². The van der Waals surface area contributed by atoms with Crippen molar-refractivity contribution >= 4 is 78.1 Å². The van der Waals surface area contributed by atoms with E-state index in [1.165, 1.54) is 82.0 Å².